The molecule has 0 radical (unpaired) electrons. The number of hydrogen-bond acceptors (Lipinski definition) is 2. The zero-order chi connectivity index (χ0) is 14.9. The van der Waals surface area contributed by atoms with Crippen LogP contribution < -0.4 is 10.2 Å². The van der Waals surface area contributed by atoms with Crippen molar-refractivity contribution >= 4 is 17.5 Å². The molecule has 20 heavy (non-hydrogen) atoms. The molecule has 4 heteroatoms. The van der Waals surface area contributed by atoms with Gasteiger partial charge >= 0.3 is 0 Å². The smallest absolute Gasteiger partial charge is 0.250 e. The van der Waals surface area contributed by atoms with Crippen molar-refractivity contribution in [1.29, 1.82) is 0 Å². The van der Waals surface area contributed by atoms with E-state index in [9.17, 15) is 9.59 Å². The molecule has 1 aromatic carbocycles. The van der Waals surface area contributed by atoms with E-state index >= 15 is 0 Å². The maximum absolute atomic E-state index is 12.7. The fourth-order valence-electron chi connectivity index (χ4n) is 2.56. The molecule has 1 fully saturated rings. The molecule has 1 aliphatic heterocycles. The number of carbonyl (C=O) groups excluding carboxylic acids is 2. The molecule has 2 atom stereocenters. The SMILES string of the molecule is CCC1C(=O)NC(C(C)C)C(=O)N1c1ccc(C)cc1. The van der Waals surface area contributed by atoms with Gasteiger partial charge in [-0.15, -0.1) is 0 Å². The minimum atomic E-state index is -0.438. The number of nitrogens with zero attached hydrogens (tertiary/aromatic N) is 1. The summed E-state index contributed by atoms with van der Waals surface area (Å²) in [5.74, 6) is -0.00103. The fourth-order valence-corrected chi connectivity index (χ4v) is 2.56. The van der Waals surface area contributed by atoms with Crippen molar-refractivity contribution < 1.29 is 9.59 Å². The van der Waals surface area contributed by atoms with Crippen LogP contribution in [0, 0.1) is 12.8 Å². The second-order valence-electron chi connectivity index (χ2n) is 5.70. The Morgan fingerprint density at radius 2 is 1.80 bits per heavy atom. The lowest BCUT2D eigenvalue weighted by Gasteiger charge is -2.40. The van der Waals surface area contributed by atoms with Crippen molar-refractivity contribution in [2.75, 3.05) is 4.90 Å². The minimum Gasteiger partial charge on any atom is -0.342 e. The number of carbonyl (C=O) groups is 2. The Kier molecular flexibility index (Phi) is 4.12. The summed E-state index contributed by atoms with van der Waals surface area (Å²) in [5.41, 5.74) is 1.93. The summed E-state index contributed by atoms with van der Waals surface area (Å²) in [5, 5.41) is 2.85. The Morgan fingerprint density at radius 1 is 1.20 bits per heavy atom. The highest BCUT2D eigenvalue weighted by Crippen LogP contribution is 2.25. The first kappa shape index (κ1) is 14.6. The van der Waals surface area contributed by atoms with Crippen LogP contribution in [0.3, 0.4) is 0 Å². The third kappa shape index (κ3) is 2.55. The lowest BCUT2D eigenvalue weighted by atomic mass is 9.96. The summed E-state index contributed by atoms with van der Waals surface area (Å²) < 4.78 is 0. The van der Waals surface area contributed by atoms with Gasteiger partial charge in [0, 0.05) is 5.69 Å². The molecule has 0 saturated carbocycles. The number of aryl methyl sites for hydroxylation is 1. The van der Waals surface area contributed by atoms with Gasteiger partial charge in [-0.2, -0.15) is 0 Å². The fraction of sp³-hybridized carbons (Fsp3) is 0.500. The average Bonchev–Trinajstić information content (AvgIpc) is 2.41. The van der Waals surface area contributed by atoms with Gasteiger partial charge in [0.15, 0.2) is 0 Å². The molecule has 108 valence electrons. The highest BCUT2D eigenvalue weighted by Gasteiger charge is 2.41. The van der Waals surface area contributed by atoms with Crippen molar-refractivity contribution in [3.05, 3.63) is 29.8 Å². The number of anilines is 1. The van der Waals surface area contributed by atoms with Crippen LogP contribution in [-0.2, 0) is 9.59 Å². The first-order chi connectivity index (χ1) is 9.45. The molecule has 4 nitrogen and oxygen atoms in total. The molecule has 2 amide bonds. The van der Waals surface area contributed by atoms with Crippen LogP contribution in [0.25, 0.3) is 0 Å². The third-order valence-electron chi connectivity index (χ3n) is 3.78. The molecule has 1 N–H and O–H groups in total. The largest absolute Gasteiger partial charge is 0.342 e. The van der Waals surface area contributed by atoms with Gasteiger partial charge in [-0.05, 0) is 31.4 Å². The Bertz CT molecular complexity index is 508. The molecule has 0 bridgehead atoms. The van der Waals surface area contributed by atoms with Crippen LogP contribution in [0.4, 0.5) is 5.69 Å². The van der Waals surface area contributed by atoms with E-state index < -0.39 is 12.1 Å². The molecule has 2 unspecified atom stereocenters. The Morgan fingerprint density at radius 3 is 2.30 bits per heavy atom. The van der Waals surface area contributed by atoms with Crippen LogP contribution in [-0.4, -0.2) is 23.9 Å². The van der Waals surface area contributed by atoms with E-state index in [4.69, 9.17) is 0 Å². The van der Waals surface area contributed by atoms with Crippen LogP contribution in [0.1, 0.15) is 32.8 Å². The molecular formula is C16H22N2O2. The second-order valence-corrected chi connectivity index (χ2v) is 5.70. The third-order valence-corrected chi connectivity index (χ3v) is 3.78. The number of rotatable bonds is 3. The topological polar surface area (TPSA) is 49.4 Å². The highest BCUT2D eigenvalue weighted by molar-refractivity contribution is 6.08. The minimum absolute atomic E-state index is 0.0182. The quantitative estimate of drug-likeness (QED) is 0.919. The maximum atomic E-state index is 12.7. The number of hydrogen-bond donors (Lipinski definition) is 1. The van der Waals surface area contributed by atoms with Gasteiger partial charge in [-0.25, -0.2) is 0 Å². The van der Waals surface area contributed by atoms with Crippen molar-refractivity contribution in [3.8, 4) is 0 Å². The van der Waals surface area contributed by atoms with Crippen molar-refractivity contribution in [2.45, 2.75) is 46.2 Å². The van der Waals surface area contributed by atoms with Gasteiger partial charge < -0.3 is 5.32 Å². The van der Waals surface area contributed by atoms with E-state index in [2.05, 4.69) is 5.32 Å². The molecule has 1 aromatic rings. The Hall–Kier alpha value is -1.84. The first-order valence-electron chi connectivity index (χ1n) is 7.15. The summed E-state index contributed by atoms with van der Waals surface area (Å²) in [7, 11) is 0. The van der Waals surface area contributed by atoms with Gasteiger partial charge in [0.25, 0.3) is 5.91 Å². The number of piperazine rings is 1. The normalized spacial score (nSPS) is 23.1. The summed E-state index contributed by atoms with van der Waals surface area (Å²) in [6.45, 7) is 7.82. The van der Waals surface area contributed by atoms with Gasteiger partial charge in [0.2, 0.25) is 5.91 Å². The maximum Gasteiger partial charge on any atom is 0.250 e. The van der Waals surface area contributed by atoms with Gasteiger partial charge in [-0.3, -0.25) is 14.5 Å². The second kappa shape index (κ2) is 5.65. The molecule has 0 aliphatic carbocycles. The van der Waals surface area contributed by atoms with Gasteiger partial charge in [0.05, 0.1) is 0 Å². The first-order valence-corrected chi connectivity index (χ1v) is 7.15. The van der Waals surface area contributed by atoms with E-state index in [0.717, 1.165) is 11.3 Å². The van der Waals surface area contributed by atoms with E-state index in [1.165, 1.54) is 0 Å². The number of benzene rings is 1. The van der Waals surface area contributed by atoms with Crippen LogP contribution in [0.15, 0.2) is 24.3 Å². The van der Waals surface area contributed by atoms with Crippen LogP contribution in [0.2, 0.25) is 0 Å². The van der Waals surface area contributed by atoms with Crippen LogP contribution in [0.5, 0.6) is 0 Å². The predicted octanol–water partition coefficient (Wildman–Crippen LogP) is 2.26. The summed E-state index contributed by atoms with van der Waals surface area (Å²) in [6, 6.07) is 6.89. The van der Waals surface area contributed by atoms with E-state index in [-0.39, 0.29) is 17.7 Å². The zero-order valence-electron chi connectivity index (χ0n) is 12.5. The number of nitrogens with one attached hydrogen (secondary N) is 1. The lowest BCUT2D eigenvalue weighted by Crippen LogP contribution is -2.64. The monoisotopic (exact) mass is 274 g/mol. The average molecular weight is 274 g/mol. The molecule has 0 aromatic heterocycles. The highest BCUT2D eigenvalue weighted by atomic mass is 16.2. The molecule has 1 saturated heterocycles. The molecule has 1 heterocycles. The Labute approximate surface area is 120 Å². The van der Waals surface area contributed by atoms with Crippen LogP contribution >= 0.6 is 0 Å². The van der Waals surface area contributed by atoms with E-state index in [1.54, 1.807) is 4.90 Å². The number of amides is 2. The zero-order valence-corrected chi connectivity index (χ0v) is 12.5. The van der Waals surface area contributed by atoms with E-state index in [0.29, 0.717) is 6.42 Å². The molecule has 2 rings (SSSR count). The molecular weight excluding hydrogens is 252 g/mol. The van der Waals surface area contributed by atoms with Gasteiger partial charge in [0.1, 0.15) is 12.1 Å². The summed E-state index contributed by atoms with van der Waals surface area (Å²) in [6.07, 6.45) is 0.607. The van der Waals surface area contributed by atoms with Gasteiger partial charge in [-0.1, -0.05) is 38.5 Å². The summed E-state index contributed by atoms with van der Waals surface area (Å²) in [4.78, 5) is 26.6. The standard InChI is InChI=1S/C16H22N2O2/c1-5-13-15(19)17-14(10(2)3)16(20)18(13)12-8-6-11(4)7-9-12/h6-10,13-14H,5H2,1-4H3,(H,17,19). The summed E-state index contributed by atoms with van der Waals surface area (Å²) >= 11 is 0. The lowest BCUT2D eigenvalue weighted by molar-refractivity contribution is -0.134. The van der Waals surface area contributed by atoms with Crippen molar-refractivity contribution in [3.63, 3.8) is 0 Å². The predicted molar refractivity (Wildman–Crippen MR) is 79.5 cm³/mol. The Balaban J connectivity index is 2.41. The van der Waals surface area contributed by atoms with Crippen molar-refractivity contribution in [2.24, 2.45) is 5.92 Å². The van der Waals surface area contributed by atoms with Crippen molar-refractivity contribution in [1.82, 2.24) is 5.32 Å². The van der Waals surface area contributed by atoms with E-state index in [1.807, 2.05) is 52.0 Å². The molecule has 1 aliphatic rings. The molecule has 0 spiro atoms.